The molecule has 1 aromatic carbocycles. The van der Waals surface area contributed by atoms with Crippen LogP contribution in [0.3, 0.4) is 0 Å². The summed E-state index contributed by atoms with van der Waals surface area (Å²) in [6.45, 7) is 3.61. The molecule has 0 fully saturated rings. The number of benzene rings is 1. The molecule has 4 nitrogen and oxygen atoms in total. The molecule has 0 aliphatic heterocycles. The lowest BCUT2D eigenvalue weighted by atomic mass is 10.0. The van der Waals surface area contributed by atoms with Gasteiger partial charge in [-0.1, -0.05) is 31.5 Å². The molecule has 0 spiro atoms. The molecule has 1 amide bonds. The number of hydrogen-bond acceptors (Lipinski definition) is 3. The normalized spacial score (nSPS) is 11.9. The van der Waals surface area contributed by atoms with Crippen LogP contribution in [0.2, 0.25) is 0 Å². The van der Waals surface area contributed by atoms with Gasteiger partial charge in [0.25, 0.3) is 0 Å². The first-order chi connectivity index (χ1) is 8.76. The molecule has 0 aliphatic rings. The molecule has 0 aliphatic carbocycles. The van der Waals surface area contributed by atoms with Crippen LogP contribution in [0.15, 0.2) is 30.3 Å². The third-order valence-corrected chi connectivity index (χ3v) is 2.82. The summed E-state index contributed by atoms with van der Waals surface area (Å²) in [5, 5.41) is 2.83. The molecule has 0 aromatic heterocycles. The Morgan fingerprint density at radius 3 is 2.72 bits per heavy atom. The molecule has 4 heteroatoms. The number of hydrogen-bond donors (Lipinski definition) is 2. The molecule has 1 unspecified atom stereocenters. The smallest absolute Gasteiger partial charge is 0.220 e. The highest BCUT2D eigenvalue weighted by atomic mass is 16.5. The van der Waals surface area contributed by atoms with Crippen molar-refractivity contribution in [2.45, 2.75) is 19.8 Å². The van der Waals surface area contributed by atoms with E-state index in [2.05, 4.69) is 5.32 Å². The van der Waals surface area contributed by atoms with Crippen LogP contribution >= 0.6 is 0 Å². The van der Waals surface area contributed by atoms with Crippen LogP contribution in [-0.2, 0) is 4.79 Å². The van der Waals surface area contributed by atoms with Gasteiger partial charge in [0.2, 0.25) is 5.91 Å². The van der Waals surface area contributed by atoms with Crippen LogP contribution in [0.25, 0.3) is 0 Å². The second kappa shape index (κ2) is 8.53. The summed E-state index contributed by atoms with van der Waals surface area (Å²) in [5.41, 5.74) is 5.56. The lowest BCUT2D eigenvalue weighted by molar-refractivity contribution is -0.122. The fraction of sp³-hybridized carbons (Fsp3) is 0.500. The van der Waals surface area contributed by atoms with Gasteiger partial charge < -0.3 is 15.8 Å². The Hall–Kier alpha value is -1.55. The van der Waals surface area contributed by atoms with Gasteiger partial charge in [0.1, 0.15) is 12.4 Å². The Morgan fingerprint density at radius 1 is 1.39 bits per heavy atom. The highest BCUT2D eigenvalue weighted by Crippen LogP contribution is 2.07. The molecule has 0 bridgehead atoms. The van der Waals surface area contributed by atoms with Gasteiger partial charge in [-0.25, -0.2) is 0 Å². The number of amides is 1. The Bertz CT molecular complexity index is 337. The molecule has 1 atom stereocenters. The zero-order valence-corrected chi connectivity index (χ0v) is 10.9. The van der Waals surface area contributed by atoms with Gasteiger partial charge in [0.15, 0.2) is 0 Å². The first-order valence-electron chi connectivity index (χ1n) is 6.40. The van der Waals surface area contributed by atoms with Gasteiger partial charge in [-0.15, -0.1) is 0 Å². The number of ether oxygens (including phenoxy) is 1. The van der Waals surface area contributed by atoms with Crippen molar-refractivity contribution in [1.82, 2.24) is 5.32 Å². The van der Waals surface area contributed by atoms with Crippen LogP contribution in [-0.4, -0.2) is 25.6 Å². The van der Waals surface area contributed by atoms with E-state index in [1.54, 1.807) is 0 Å². The average molecular weight is 250 g/mol. The zero-order chi connectivity index (χ0) is 13.2. The lowest BCUT2D eigenvalue weighted by Crippen LogP contribution is -2.31. The summed E-state index contributed by atoms with van der Waals surface area (Å²) in [6.07, 6.45) is 1.43. The van der Waals surface area contributed by atoms with E-state index in [9.17, 15) is 4.79 Å². The van der Waals surface area contributed by atoms with Gasteiger partial charge in [0, 0.05) is 6.42 Å². The first-order valence-corrected chi connectivity index (χ1v) is 6.40. The van der Waals surface area contributed by atoms with Crippen molar-refractivity contribution in [3.05, 3.63) is 30.3 Å². The van der Waals surface area contributed by atoms with Crippen LogP contribution < -0.4 is 15.8 Å². The molecular formula is C14H22N2O2. The average Bonchev–Trinajstić information content (AvgIpc) is 2.42. The molecule has 0 saturated carbocycles. The minimum atomic E-state index is 0.0453. The van der Waals surface area contributed by atoms with Gasteiger partial charge in [-0.3, -0.25) is 4.79 Å². The van der Waals surface area contributed by atoms with Crippen LogP contribution in [0, 0.1) is 5.92 Å². The summed E-state index contributed by atoms with van der Waals surface area (Å²) < 4.78 is 5.47. The number of para-hydroxylation sites is 1. The maximum atomic E-state index is 11.6. The van der Waals surface area contributed by atoms with Crippen molar-refractivity contribution in [2.75, 3.05) is 19.7 Å². The maximum Gasteiger partial charge on any atom is 0.220 e. The minimum Gasteiger partial charge on any atom is -0.492 e. The molecule has 0 radical (unpaired) electrons. The topological polar surface area (TPSA) is 64.4 Å². The van der Waals surface area contributed by atoms with Crippen molar-refractivity contribution in [3.8, 4) is 5.75 Å². The SMILES string of the molecule is CCC(CN)CC(=O)NCCOc1ccccc1. The molecule has 0 saturated heterocycles. The lowest BCUT2D eigenvalue weighted by Gasteiger charge is -2.12. The van der Waals surface area contributed by atoms with E-state index in [1.807, 2.05) is 37.3 Å². The summed E-state index contributed by atoms with van der Waals surface area (Å²) in [7, 11) is 0. The summed E-state index contributed by atoms with van der Waals surface area (Å²) >= 11 is 0. The molecule has 3 N–H and O–H groups in total. The Kier molecular flexibility index (Phi) is 6.87. The largest absolute Gasteiger partial charge is 0.492 e. The summed E-state index contributed by atoms with van der Waals surface area (Å²) in [5.74, 6) is 1.14. The Balaban J connectivity index is 2.12. The van der Waals surface area contributed by atoms with E-state index in [0.29, 0.717) is 26.1 Å². The predicted octanol–water partition coefficient (Wildman–Crippen LogP) is 1.56. The van der Waals surface area contributed by atoms with Gasteiger partial charge in [-0.05, 0) is 24.6 Å². The van der Waals surface area contributed by atoms with Gasteiger partial charge in [-0.2, -0.15) is 0 Å². The molecule has 0 heterocycles. The van der Waals surface area contributed by atoms with E-state index >= 15 is 0 Å². The predicted molar refractivity (Wildman–Crippen MR) is 72.4 cm³/mol. The molecule has 100 valence electrons. The fourth-order valence-electron chi connectivity index (χ4n) is 1.60. The van der Waals surface area contributed by atoms with Crippen molar-refractivity contribution >= 4 is 5.91 Å². The van der Waals surface area contributed by atoms with Crippen LogP contribution in [0.4, 0.5) is 0 Å². The quantitative estimate of drug-likeness (QED) is 0.688. The standard InChI is InChI=1S/C14H22N2O2/c1-2-12(11-15)10-14(17)16-8-9-18-13-6-4-3-5-7-13/h3-7,12H,2,8-11,15H2,1H3,(H,16,17). The van der Waals surface area contributed by atoms with Crippen molar-refractivity contribution in [1.29, 1.82) is 0 Å². The van der Waals surface area contributed by atoms with Crippen molar-refractivity contribution in [3.63, 3.8) is 0 Å². The summed E-state index contributed by atoms with van der Waals surface area (Å²) in [6, 6.07) is 9.56. The van der Waals surface area contributed by atoms with Gasteiger partial charge in [0.05, 0.1) is 6.54 Å². The second-order valence-corrected chi connectivity index (χ2v) is 4.23. The third-order valence-electron chi connectivity index (χ3n) is 2.82. The number of rotatable bonds is 8. The highest BCUT2D eigenvalue weighted by Gasteiger charge is 2.09. The third kappa shape index (κ3) is 5.68. The molecule has 1 rings (SSSR count). The van der Waals surface area contributed by atoms with Crippen molar-refractivity contribution < 1.29 is 9.53 Å². The highest BCUT2D eigenvalue weighted by molar-refractivity contribution is 5.76. The zero-order valence-electron chi connectivity index (χ0n) is 10.9. The fourth-order valence-corrected chi connectivity index (χ4v) is 1.60. The monoisotopic (exact) mass is 250 g/mol. The number of nitrogens with one attached hydrogen (secondary N) is 1. The Morgan fingerprint density at radius 2 is 2.11 bits per heavy atom. The maximum absolute atomic E-state index is 11.6. The van der Waals surface area contributed by atoms with E-state index < -0.39 is 0 Å². The molecule has 18 heavy (non-hydrogen) atoms. The van der Waals surface area contributed by atoms with Crippen molar-refractivity contribution in [2.24, 2.45) is 11.7 Å². The number of nitrogens with two attached hydrogens (primary N) is 1. The molecule has 1 aromatic rings. The first kappa shape index (κ1) is 14.5. The number of carbonyl (C=O) groups excluding carboxylic acids is 1. The van der Waals surface area contributed by atoms with Crippen LogP contribution in [0.5, 0.6) is 5.75 Å². The number of carbonyl (C=O) groups is 1. The van der Waals surface area contributed by atoms with E-state index in [0.717, 1.165) is 12.2 Å². The minimum absolute atomic E-state index is 0.0453. The van der Waals surface area contributed by atoms with E-state index in [-0.39, 0.29) is 11.8 Å². The van der Waals surface area contributed by atoms with Gasteiger partial charge >= 0.3 is 0 Å². The van der Waals surface area contributed by atoms with E-state index in [4.69, 9.17) is 10.5 Å². The molecular weight excluding hydrogens is 228 g/mol. The Labute approximate surface area is 109 Å². The van der Waals surface area contributed by atoms with Crippen LogP contribution in [0.1, 0.15) is 19.8 Å². The summed E-state index contributed by atoms with van der Waals surface area (Å²) in [4.78, 5) is 11.6. The van der Waals surface area contributed by atoms with E-state index in [1.165, 1.54) is 0 Å². The second-order valence-electron chi connectivity index (χ2n) is 4.23.